The van der Waals surface area contributed by atoms with Crippen LogP contribution >= 0.6 is 15.9 Å². The number of anilines is 1. The lowest BCUT2D eigenvalue weighted by molar-refractivity contribution is 1.21. The molecule has 0 aromatic carbocycles. The molecule has 0 unspecified atom stereocenters. The molecule has 0 amide bonds. The summed E-state index contributed by atoms with van der Waals surface area (Å²) in [4.78, 5) is 4.14. The van der Waals surface area contributed by atoms with Crippen molar-refractivity contribution in [3.63, 3.8) is 0 Å². The Bertz CT molecular complexity index is 284. The van der Waals surface area contributed by atoms with Gasteiger partial charge in [0.1, 0.15) is 5.82 Å². The second-order valence-electron chi connectivity index (χ2n) is 2.59. The number of pyridine rings is 1. The smallest absolute Gasteiger partial charge is 0.126 e. The van der Waals surface area contributed by atoms with Gasteiger partial charge in [-0.05, 0) is 24.6 Å². The Morgan fingerprint density at radius 1 is 1.75 bits per heavy atom. The van der Waals surface area contributed by atoms with Crippen molar-refractivity contribution in [3.05, 3.63) is 35.0 Å². The Morgan fingerprint density at radius 2 is 2.50 bits per heavy atom. The molecular formula is C9H11BrN2. The number of hydrogen-bond donors (Lipinski definition) is 1. The van der Waals surface area contributed by atoms with E-state index in [-0.39, 0.29) is 0 Å². The van der Waals surface area contributed by atoms with E-state index in [9.17, 15) is 0 Å². The lowest BCUT2D eigenvalue weighted by Gasteiger charge is -2.03. The first kappa shape index (κ1) is 9.26. The van der Waals surface area contributed by atoms with Gasteiger partial charge in [-0.2, -0.15) is 0 Å². The molecule has 0 aliphatic heterocycles. The Morgan fingerprint density at radius 3 is 3.08 bits per heavy atom. The molecule has 2 nitrogen and oxygen atoms in total. The van der Waals surface area contributed by atoms with Crippen molar-refractivity contribution in [3.8, 4) is 0 Å². The molecule has 1 rings (SSSR count). The van der Waals surface area contributed by atoms with Crippen LogP contribution in [0.15, 0.2) is 29.4 Å². The number of nitrogens with zero attached hydrogens (tertiary/aromatic N) is 1. The molecule has 64 valence electrons. The van der Waals surface area contributed by atoms with Crippen LogP contribution in [0.25, 0.3) is 0 Å². The van der Waals surface area contributed by atoms with Crippen molar-refractivity contribution in [2.75, 3.05) is 11.9 Å². The van der Waals surface area contributed by atoms with Gasteiger partial charge in [-0.25, -0.2) is 4.98 Å². The lowest BCUT2D eigenvalue weighted by atomic mass is 10.3. The number of nitrogens with one attached hydrogen (secondary N) is 1. The van der Waals surface area contributed by atoms with Gasteiger partial charge in [0.15, 0.2) is 0 Å². The maximum absolute atomic E-state index is 4.14. The van der Waals surface area contributed by atoms with E-state index in [1.807, 2.05) is 19.1 Å². The Labute approximate surface area is 80.8 Å². The van der Waals surface area contributed by atoms with Crippen LogP contribution in [0, 0.1) is 6.92 Å². The van der Waals surface area contributed by atoms with E-state index in [0.717, 1.165) is 10.3 Å². The van der Waals surface area contributed by atoms with E-state index in [0.29, 0.717) is 6.54 Å². The normalized spacial score (nSPS) is 9.50. The molecule has 12 heavy (non-hydrogen) atoms. The second-order valence-corrected chi connectivity index (χ2v) is 3.71. The van der Waals surface area contributed by atoms with Crippen LogP contribution in [0.5, 0.6) is 0 Å². The summed E-state index contributed by atoms with van der Waals surface area (Å²) in [5, 5.41) is 3.13. The van der Waals surface area contributed by atoms with Gasteiger partial charge in [0.25, 0.3) is 0 Å². The minimum Gasteiger partial charge on any atom is -0.365 e. The standard InChI is InChI=1S/C9H11BrN2/c1-7-3-4-11-9(5-7)12-6-8(2)10/h3-5H,2,6H2,1H3,(H,11,12). The van der Waals surface area contributed by atoms with E-state index in [2.05, 4.69) is 32.8 Å². The first-order chi connectivity index (χ1) is 5.68. The van der Waals surface area contributed by atoms with Gasteiger partial charge in [0.05, 0.1) is 0 Å². The van der Waals surface area contributed by atoms with E-state index in [1.54, 1.807) is 6.20 Å². The summed E-state index contributed by atoms with van der Waals surface area (Å²) < 4.78 is 0.922. The molecule has 1 aromatic rings. The molecule has 1 N–H and O–H groups in total. The van der Waals surface area contributed by atoms with E-state index in [4.69, 9.17) is 0 Å². The van der Waals surface area contributed by atoms with Crippen LogP contribution in [-0.2, 0) is 0 Å². The average Bonchev–Trinajstić information content (AvgIpc) is 2.01. The zero-order valence-corrected chi connectivity index (χ0v) is 8.56. The highest BCUT2D eigenvalue weighted by atomic mass is 79.9. The maximum Gasteiger partial charge on any atom is 0.126 e. The van der Waals surface area contributed by atoms with Crippen LogP contribution in [0.4, 0.5) is 5.82 Å². The van der Waals surface area contributed by atoms with Crippen molar-refractivity contribution in [2.45, 2.75) is 6.92 Å². The molecular weight excluding hydrogens is 216 g/mol. The van der Waals surface area contributed by atoms with Crippen molar-refractivity contribution in [1.29, 1.82) is 0 Å². The molecule has 0 spiro atoms. The SMILES string of the molecule is C=C(Br)CNc1cc(C)ccn1. The Kier molecular flexibility index (Phi) is 3.29. The molecule has 0 bridgehead atoms. The van der Waals surface area contributed by atoms with Crippen LogP contribution in [0.2, 0.25) is 0 Å². The molecule has 0 atom stereocenters. The molecule has 0 aliphatic rings. The molecule has 1 heterocycles. The predicted octanol–water partition coefficient (Wildman–Crippen LogP) is 2.71. The fourth-order valence-electron chi connectivity index (χ4n) is 0.819. The zero-order chi connectivity index (χ0) is 8.97. The summed E-state index contributed by atoms with van der Waals surface area (Å²) in [6.07, 6.45) is 1.79. The van der Waals surface area contributed by atoms with E-state index >= 15 is 0 Å². The third-order valence-corrected chi connectivity index (χ3v) is 1.66. The van der Waals surface area contributed by atoms with Gasteiger partial charge in [0, 0.05) is 17.2 Å². The molecule has 0 saturated heterocycles. The highest BCUT2D eigenvalue weighted by molar-refractivity contribution is 9.11. The van der Waals surface area contributed by atoms with E-state index in [1.165, 1.54) is 5.56 Å². The summed E-state index contributed by atoms with van der Waals surface area (Å²) in [6.45, 7) is 6.46. The van der Waals surface area contributed by atoms with Crippen LogP contribution in [0.1, 0.15) is 5.56 Å². The Hall–Kier alpha value is -0.830. The molecule has 0 fully saturated rings. The van der Waals surface area contributed by atoms with Crippen LogP contribution in [0.3, 0.4) is 0 Å². The van der Waals surface area contributed by atoms with E-state index < -0.39 is 0 Å². The highest BCUT2D eigenvalue weighted by Crippen LogP contribution is 2.07. The quantitative estimate of drug-likeness (QED) is 0.858. The fourth-order valence-corrected chi connectivity index (χ4v) is 0.959. The Balaban J connectivity index is 2.57. The van der Waals surface area contributed by atoms with Crippen molar-refractivity contribution < 1.29 is 0 Å². The molecule has 0 radical (unpaired) electrons. The van der Waals surface area contributed by atoms with Gasteiger partial charge in [-0.15, -0.1) is 0 Å². The van der Waals surface area contributed by atoms with Crippen LogP contribution < -0.4 is 5.32 Å². The average molecular weight is 227 g/mol. The van der Waals surface area contributed by atoms with Gasteiger partial charge < -0.3 is 5.32 Å². The van der Waals surface area contributed by atoms with Gasteiger partial charge >= 0.3 is 0 Å². The van der Waals surface area contributed by atoms with Crippen molar-refractivity contribution >= 4 is 21.7 Å². The minimum absolute atomic E-state index is 0.705. The first-order valence-electron chi connectivity index (χ1n) is 3.68. The summed E-state index contributed by atoms with van der Waals surface area (Å²) in [5.74, 6) is 0.885. The summed E-state index contributed by atoms with van der Waals surface area (Å²) in [6, 6.07) is 3.96. The van der Waals surface area contributed by atoms with Gasteiger partial charge in [0.2, 0.25) is 0 Å². The number of halogens is 1. The van der Waals surface area contributed by atoms with Gasteiger partial charge in [-0.3, -0.25) is 0 Å². The summed E-state index contributed by atoms with van der Waals surface area (Å²) >= 11 is 3.27. The maximum atomic E-state index is 4.14. The predicted molar refractivity (Wildman–Crippen MR) is 55.5 cm³/mol. The largest absolute Gasteiger partial charge is 0.365 e. The first-order valence-corrected chi connectivity index (χ1v) is 4.47. The summed E-state index contributed by atoms with van der Waals surface area (Å²) in [5.41, 5.74) is 1.20. The molecule has 1 aromatic heterocycles. The second kappa shape index (κ2) is 4.26. The minimum atomic E-state index is 0.705. The monoisotopic (exact) mass is 226 g/mol. The third kappa shape index (κ3) is 3.05. The fraction of sp³-hybridized carbons (Fsp3) is 0.222. The topological polar surface area (TPSA) is 24.9 Å². The number of aromatic nitrogens is 1. The highest BCUT2D eigenvalue weighted by Gasteiger charge is 1.92. The molecule has 0 aliphatic carbocycles. The third-order valence-electron chi connectivity index (χ3n) is 1.38. The lowest BCUT2D eigenvalue weighted by Crippen LogP contribution is -2.02. The molecule has 0 saturated carbocycles. The van der Waals surface area contributed by atoms with Crippen LogP contribution in [-0.4, -0.2) is 11.5 Å². The number of rotatable bonds is 3. The van der Waals surface area contributed by atoms with Gasteiger partial charge in [-0.1, -0.05) is 22.5 Å². The van der Waals surface area contributed by atoms with Crippen molar-refractivity contribution in [2.24, 2.45) is 0 Å². The number of aryl methyl sites for hydroxylation is 1. The number of hydrogen-bond acceptors (Lipinski definition) is 2. The van der Waals surface area contributed by atoms with Crippen molar-refractivity contribution in [1.82, 2.24) is 4.98 Å². The zero-order valence-electron chi connectivity index (χ0n) is 6.97. The molecule has 3 heteroatoms. The summed E-state index contributed by atoms with van der Waals surface area (Å²) in [7, 11) is 0.